The summed E-state index contributed by atoms with van der Waals surface area (Å²) in [5.74, 6) is 5.17. The first-order chi connectivity index (χ1) is 10.0. The minimum atomic E-state index is -0.306. The van der Waals surface area contributed by atoms with Crippen LogP contribution in [0.15, 0.2) is 30.3 Å². The number of nitrogens with one attached hydrogen (secondary N) is 2. The van der Waals surface area contributed by atoms with Gasteiger partial charge in [0.25, 0.3) is 5.91 Å². The smallest absolute Gasteiger partial charge is 0.255 e. The number of rotatable bonds is 4. The van der Waals surface area contributed by atoms with Crippen molar-refractivity contribution in [2.75, 3.05) is 10.7 Å². The van der Waals surface area contributed by atoms with E-state index in [0.717, 1.165) is 5.69 Å². The number of halogens is 1. The number of anilines is 2. The summed E-state index contributed by atoms with van der Waals surface area (Å²) in [5, 5.41) is 2.73. The molecule has 0 aliphatic carbocycles. The number of aromatic nitrogens is 1. The van der Waals surface area contributed by atoms with E-state index in [-0.39, 0.29) is 11.7 Å². The van der Waals surface area contributed by atoms with Crippen LogP contribution in [0.2, 0.25) is 0 Å². The lowest BCUT2D eigenvalue weighted by Gasteiger charge is -2.09. The lowest BCUT2D eigenvalue weighted by Crippen LogP contribution is -2.15. The summed E-state index contributed by atoms with van der Waals surface area (Å²) in [6, 6.07) is 7.68. The predicted molar refractivity (Wildman–Crippen MR) is 80.5 cm³/mol. The minimum absolute atomic E-state index is 0.297. The van der Waals surface area contributed by atoms with Crippen molar-refractivity contribution in [3.05, 3.63) is 53.0 Å². The zero-order valence-corrected chi connectivity index (χ0v) is 11.9. The topological polar surface area (TPSA) is 80.0 Å². The maximum atomic E-state index is 13.2. The molecule has 1 heterocycles. The molecule has 1 aromatic heterocycles. The molecule has 0 unspecified atom stereocenters. The minimum Gasteiger partial charge on any atom is -0.322 e. The fraction of sp³-hybridized carbons (Fsp3) is 0.200. The number of pyridine rings is 1. The number of benzene rings is 1. The fourth-order valence-corrected chi connectivity index (χ4v) is 1.90. The predicted octanol–water partition coefficient (Wildman–Crippen LogP) is 2.63. The van der Waals surface area contributed by atoms with Crippen LogP contribution in [-0.4, -0.2) is 10.9 Å². The van der Waals surface area contributed by atoms with Crippen LogP contribution in [0.4, 0.5) is 15.9 Å². The van der Waals surface area contributed by atoms with Gasteiger partial charge in [-0.2, -0.15) is 0 Å². The van der Waals surface area contributed by atoms with Crippen molar-refractivity contribution in [3.8, 4) is 0 Å². The first-order valence-electron chi connectivity index (χ1n) is 6.58. The normalized spacial score (nSPS) is 10.3. The van der Waals surface area contributed by atoms with Crippen molar-refractivity contribution in [1.82, 2.24) is 4.98 Å². The Hall–Kier alpha value is -2.47. The number of nitrogens with zero attached hydrogens (tertiary/aromatic N) is 1. The van der Waals surface area contributed by atoms with Crippen molar-refractivity contribution in [3.63, 3.8) is 0 Å². The lowest BCUT2D eigenvalue weighted by molar-refractivity contribution is 0.102. The van der Waals surface area contributed by atoms with Gasteiger partial charge in [0.05, 0.1) is 0 Å². The second-order valence-corrected chi connectivity index (χ2v) is 4.65. The summed E-state index contributed by atoms with van der Waals surface area (Å²) in [6.45, 7) is 3.58. The zero-order chi connectivity index (χ0) is 15.4. The number of carbonyl (C=O) groups is 1. The molecule has 5 nitrogen and oxygen atoms in total. The molecule has 0 bridgehead atoms. The van der Waals surface area contributed by atoms with Gasteiger partial charge in [0.1, 0.15) is 11.6 Å². The monoisotopic (exact) mass is 288 g/mol. The van der Waals surface area contributed by atoms with Crippen LogP contribution in [0.1, 0.15) is 28.5 Å². The van der Waals surface area contributed by atoms with Crippen molar-refractivity contribution < 1.29 is 9.18 Å². The van der Waals surface area contributed by atoms with Gasteiger partial charge in [-0.15, -0.1) is 0 Å². The standard InChI is InChI=1S/C15H17FN4O/c1-3-11-7-10(8-14(18-11)20-17)15(21)19-12-4-5-13(16)9(2)6-12/h4-8H,3,17H2,1-2H3,(H,18,20)(H,19,21). The molecule has 2 aromatic rings. The van der Waals surface area contributed by atoms with Gasteiger partial charge in [-0.25, -0.2) is 15.2 Å². The van der Waals surface area contributed by atoms with Gasteiger partial charge in [0.2, 0.25) is 0 Å². The Balaban J connectivity index is 2.25. The molecule has 0 fully saturated rings. The highest BCUT2D eigenvalue weighted by molar-refractivity contribution is 6.04. The molecular formula is C15H17FN4O. The van der Waals surface area contributed by atoms with Crippen molar-refractivity contribution in [2.24, 2.45) is 5.84 Å². The van der Waals surface area contributed by atoms with E-state index in [2.05, 4.69) is 15.7 Å². The van der Waals surface area contributed by atoms with Crippen LogP contribution < -0.4 is 16.6 Å². The van der Waals surface area contributed by atoms with Crippen molar-refractivity contribution >= 4 is 17.4 Å². The highest BCUT2D eigenvalue weighted by atomic mass is 19.1. The second-order valence-electron chi connectivity index (χ2n) is 4.65. The Morgan fingerprint density at radius 3 is 2.71 bits per heavy atom. The molecule has 21 heavy (non-hydrogen) atoms. The Kier molecular flexibility index (Phi) is 4.49. The van der Waals surface area contributed by atoms with E-state index in [1.807, 2.05) is 6.92 Å². The molecule has 0 saturated carbocycles. The third-order valence-corrected chi connectivity index (χ3v) is 3.07. The summed E-state index contributed by atoms with van der Waals surface area (Å²) in [5.41, 5.74) is 4.64. The summed E-state index contributed by atoms with van der Waals surface area (Å²) in [7, 11) is 0. The third-order valence-electron chi connectivity index (χ3n) is 3.07. The number of nitrogen functional groups attached to an aromatic ring is 1. The number of hydrazine groups is 1. The molecule has 110 valence electrons. The molecule has 6 heteroatoms. The van der Waals surface area contributed by atoms with Gasteiger partial charge in [-0.1, -0.05) is 6.92 Å². The lowest BCUT2D eigenvalue weighted by atomic mass is 10.1. The summed E-state index contributed by atoms with van der Waals surface area (Å²) in [6.07, 6.45) is 0.686. The van der Waals surface area contributed by atoms with Crippen LogP contribution in [0, 0.1) is 12.7 Å². The van der Waals surface area contributed by atoms with E-state index in [9.17, 15) is 9.18 Å². The molecular weight excluding hydrogens is 271 g/mol. The number of nitrogens with two attached hydrogens (primary N) is 1. The Bertz CT molecular complexity index is 650. The van der Waals surface area contributed by atoms with Crippen LogP contribution in [0.5, 0.6) is 0 Å². The van der Waals surface area contributed by atoms with Gasteiger partial charge < -0.3 is 10.7 Å². The summed E-state index contributed by atoms with van der Waals surface area (Å²) in [4.78, 5) is 16.5. The van der Waals surface area contributed by atoms with Crippen molar-refractivity contribution in [2.45, 2.75) is 20.3 Å². The van der Waals surface area contributed by atoms with Crippen LogP contribution in [0.25, 0.3) is 0 Å². The molecule has 4 N–H and O–H groups in total. The van der Waals surface area contributed by atoms with Gasteiger partial charge in [0.15, 0.2) is 0 Å². The van der Waals surface area contributed by atoms with E-state index in [1.165, 1.54) is 12.1 Å². The number of amides is 1. The Morgan fingerprint density at radius 2 is 2.10 bits per heavy atom. The van der Waals surface area contributed by atoms with Gasteiger partial charge in [-0.3, -0.25) is 4.79 Å². The van der Waals surface area contributed by atoms with Crippen LogP contribution in [0.3, 0.4) is 0 Å². The van der Waals surface area contributed by atoms with Gasteiger partial charge >= 0.3 is 0 Å². The second kappa shape index (κ2) is 6.32. The fourth-order valence-electron chi connectivity index (χ4n) is 1.90. The first-order valence-corrected chi connectivity index (χ1v) is 6.58. The molecule has 0 radical (unpaired) electrons. The van der Waals surface area contributed by atoms with Gasteiger partial charge in [0, 0.05) is 16.9 Å². The summed E-state index contributed by atoms with van der Waals surface area (Å²) < 4.78 is 13.2. The van der Waals surface area contributed by atoms with E-state index in [4.69, 9.17) is 5.84 Å². The zero-order valence-electron chi connectivity index (χ0n) is 11.9. The first kappa shape index (κ1) is 14.9. The van der Waals surface area contributed by atoms with Crippen LogP contribution >= 0.6 is 0 Å². The quantitative estimate of drug-likeness (QED) is 0.597. The Labute approximate surface area is 122 Å². The number of carbonyl (C=O) groups excluding carboxylic acids is 1. The molecule has 1 amide bonds. The molecule has 0 aliphatic rings. The molecule has 1 aromatic carbocycles. The SMILES string of the molecule is CCc1cc(C(=O)Nc2ccc(F)c(C)c2)cc(NN)n1. The maximum Gasteiger partial charge on any atom is 0.255 e. The highest BCUT2D eigenvalue weighted by Crippen LogP contribution is 2.16. The van der Waals surface area contributed by atoms with Crippen LogP contribution in [-0.2, 0) is 6.42 Å². The van der Waals surface area contributed by atoms with E-state index in [0.29, 0.717) is 29.1 Å². The Morgan fingerprint density at radius 1 is 1.33 bits per heavy atom. The van der Waals surface area contributed by atoms with E-state index in [1.54, 1.807) is 25.1 Å². The molecule has 0 aliphatic heterocycles. The third kappa shape index (κ3) is 3.55. The largest absolute Gasteiger partial charge is 0.322 e. The number of hydrogen-bond donors (Lipinski definition) is 3. The summed E-state index contributed by atoms with van der Waals surface area (Å²) >= 11 is 0. The van der Waals surface area contributed by atoms with E-state index >= 15 is 0 Å². The molecule has 2 rings (SSSR count). The number of aryl methyl sites for hydroxylation is 2. The average molecular weight is 288 g/mol. The van der Waals surface area contributed by atoms with Gasteiger partial charge in [-0.05, 0) is 49.2 Å². The average Bonchev–Trinajstić information content (AvgIpc) is 2.50. The molecule has 0 saturated heterocycles. The molecule has 0 atom stereocenters. The van der Waals surface area contributed by atoms with Crippen molar-refractivity contribution in [1.29, 1.82) is 0 Å². The molecule has 0 spiro atoms. The number of hydrogen-bond acceptors (Lipinski definition) is 4. The maximum absolute atomic E-state index is 13.2. The van der Waals surface area contributed by atoms with E-state index < -0.39 is 0 Å². The highest BCUT2D eigenvalue weighted by Gasteiger charge is 2.10.